The topological polar surface area (TPSA) is 62.7 Å². The summed E-state index contributed by atoms with van der Waals surface area (Å²) in [7, 11) is 0. The van der Waals surface area contributed by atoms with E-state index in [1.807, 2.05) is 6.07 Å². The standard InChI is InChI=1S/C17H23N3O3/c1-2-23-17(22)20-9-7-19(8-10-20)16(21)14-11-13-5-3-4-6-15(13)18-12-14/h11-12H,2-10H2,1H3. The van der Waals surface area contributed by atoms with Crippen molar-refractivity contribution in [1.29, 1.82) is 0 Å². The summed E-state index contributed by atoms with van der Waals surface area (Å²) < 4.78 is 5.00. The van der Waals surface area contributed by atoms with Crippen molar-refractivity contribution in [1.82, 2.24) is 14.8 Å². The third kappa shape index (κ3) is 3.46. The van der Waals surface area contributed by atoms with E-state index in [9.17, 15) is 9.59 Å². The van der Waals surface area contributed by atoms with Crippen molar-refractivity contribution in [3.05, 3.63) is 29.1 Å². The van der Waals surface area contributed by atoms with E-state index in [1.54, 1.807) is 22.9 Å². The quantitative estimate of drug-likeness (QED) is 0.835. The molecule has 0 radical (unpaired) electrons. The Morgan fingerprint density at radius 1 is 1.13 bits per heavy atom. The van der Waals surface area contributed by atoms with Crippen LogP contribution < -0.4 is 0 Å². The molecule has 0 unspecified atom stereocenters. The molecule has 0 N–H and O–H groups in total. The molecule has 1 aromatic heterocycles. The number of rotatable bonds is 2. The van der Waals surface area contributed by atoms with Crippen molar-refractivity contribution in [2.45, 2.75) is 32.6 Å². The second-order valence-electron chi connectivity index (χ2n) is 6.02. The van der Waals surface area contributed by atoms with Crippen molar-refractivity contribution in [2.75, 3.05) is 32.8 Å². The van der Waals surface area contributed by atoms with Gasteiger partial charge >= 0.3 is 6.09 Å². The molecular weight excluding hydrogens is 294 g/mol. The van der Waals surface area contributed by atoms with Crippen molar-refractivity contribution >= 4 is 12.0 Å². The first-order valence-corrected chi connectivity index (χ1v) is 8.38. The van der Waals surface area contributed by atoms with Crippen LogP contribution in [0.15, 0.2) is 12.3 Å². The Hall–Kier alpha value is -2.11. The van der Waals surface area contributed by atoms with Gasteiger partial charge in [0.2, 0.25) is 0 Å². The number of aryl methyl sites for hydroxylation is 2. The zero-order valence-corrected chi connectivity index (χ0v) is 13.6. The lowest BCUT2D eigenvalue weighted by atomic mass is 9.95. The minimum atomic E-state index is -0.296. The summed E-state index contributed by atoms with van der Waals surface area (Å²) >= 11 is 0. The van der Waals surface area contributed by atoms with Crippen LogP contribution in [0.3, 0.4) is 0 Å². The van der Waals surface area contributed by atoms with Gasteiger partial charge in [0.15, 0.2) is 0 Å². The van der Waals surface area contributed by atoms with E-state index in [4.69, 9.17) is 4.74 Å². The number of pyridine rings is 1. The Bertz CT molecular complexity index is 595. The lowest BCUT2D eigenvalue weighted by molar-refractivity contribution is 0.0570. The third-order valence-corrected chi connectivity index (χ3v) is 4.51. The maximum absolute atomic E-state index is 12.6. The van der Waals surface area contributed by atoms with Crippen LogP contribution in [-0.4, -0.2) is 59.6 Å². The molecule has 124 valence electrons. The van der Waals surface area contributed by atoms with E-state index in [1.165, 1.54) is 18.4 Å². The van der Waals surface area contributed by atoms with Gasteiger partial charge in [0.05, 0.1) is 12.2 Å². The van der Waals surface area contributed by atoms with Crippen molar-refractivity contribution < 1.29 is 14.3 Å². The van der Waals surface area contributed by atoms with E-state index in [0.717, 1.165) is 18.5 Å². The Labute approximate surface area is 136 Å². The molecule has 0 atom stereocenters. The minimum Gasteiger partial charge on any atom is -0.450 e. The van der Waals surface area contributed by atoms with E-state index in [-0.39, 0.29) is 12.0 Å². The highest BCUT2D eigenvalue weighted by molar-refractivity contribution is 5.94. The maximum atomic E-state index is 12.6. The average molecular weight is 317 g/mol. The fourth-order valence-electron chi connectivity index (χ4n) is 3.19. The summed E-state index contributed by atoms with van der Waals surface area (Å²) in [5.74, 6) is 0.00869. The van der Waals surface area contributed by atoms with Crippen LogP contribution in [0.5, 0.6) is 0 Å². The molecule has 1 fully saturated rings. The number of hydrogen-bond donors (Lipinski definition) is 0. The van der Waals surface area contributed by atoms with Crippen LogP contribution in [0.4, 0.5) is 4.79 Å². The summed E-state index contributed by atoms with van der Waals surface area (Å²) in [5.41, 5.74) is 3.02. The summed E-state index contributed by atoms with van der Waals surface area (Å²) in [6.07, 6.45) is 5.79. The number of hydrogen-bond acceptors (Lipinski definition) is 4. The van der Waals surface area contributed by atoms with E-state index < -0.39 is 0 Å². The van der Waals surface area contributed by atoms with Crippen molar-refractivity contribution in [3.8, 4) is 0 Å². The van der Waals surface area contributed by atoms with Gasteiger partial charge in [-0.3, -0.25) is 9.78 Å². The van der Waals surface area contributed by atoms with Gasteiger partial charge in [0.25, 0.3) is 5.91 Å². The summed E-state index contributed by atoms with van der Waals surface area (Å²) in [6.45, 7) is 4.27. The molecule has 0 spiro atoms. The third-order valence-electron chi connectivity index (χ3n) is 4.51. The second kappa shape index (κ2) is 6.98. The number of fused-ring (bicyclic) bond motifs is 1. The molecule has 1 saturated heterocycles. The summed E-state index contributed by atoms with van der Waals surface area (Å²) in [5, 5.41) is 0. The van der Waals surface area contributed by atoms with Crippen LogP contribution in [0.25, 0.3) is 0 Å². The number of nitrogens with zero attached hydrogens (tertiary/aromatic N) is 3. The number of ether oxygens (including phenoxy) is 1. The largest absolute Gasteiger partial charge is 0.450 e. The first-order chi connectivity index (χ1) is 11.2. The molecule has 6 heteroatoms. The Morgan fingerprint density at radius 3 is 2.57 bits per heavy atom. The number of carbonyl (C=O) groups excluding carboxylic acids is 2. The molecular formula is C17H23N3O3. The summed E-state index contributed by atoms with van der Waals surface area (Å²) in [4.78, 5) is 32.2. The van der Waals surface area contributed by atoms with Gasteiger partial charge in [-0.2, -0.15) is 0 Å². The predicted octanol–water partition coefficient (Wildman–Crippen LogP) is 1.87. The molecule has 3 rings (SSSR count). The van der Waals surface area contributed by atoms with Crippen LogP contribution in [0, 0.1) is 0 Å². The van der Waals surface area contributed by atoms with Gasteiger partial charge in [-0.25, -0.2) is 4.79 Å². The molecule has 1 aromatic rings. The molecule has 0 aromatic carbocycles. The highest BCUT2D eigenvalue weighted by atomic mass is 16.6. The molecule has 2 heterocycles. The van der Waals surface area contributed by atoms with Gasteiger partial charge in [-0.15, -0.1) is 0 Å². The Kier molecular flexibility index (Phi) is 4.79. The van der Waals surface area contributed by atoms with Gasteiger partial charge in [0, 0.05) is 38.1 Å². The fourth-order valence-corrected chi connectivity index (χ4v) is 3.19. The van der Waals surface area contributed by atoms with Crippen LogP contribution in [0.2, 0.25) is 0 Å². The molecule has 2 amide bonds. The second-order valence-corrected chi connectivity index (χ2v) is 6.02. The molecule has 2 aliphatic rings. The molecule has 1 aliphatic carbocycles. The van der Waals surface area contributed by atoms with Crippen LogP contribution in [0.1, 0.15) is 41.4 Å². The smallest absolute Gasteiger partial charge is 0.409 e. The van der Waals surface area contributed by atoms with Crippen molar-refractivity contribution in [2.24, 2.45) is 0 Å². The molecule has 0 bridgehead atoms. The van der Waals surface area contributed by atoms with Gasteiger partial charge in [-0.1, -0.05) is 0 Å². The van der Waals surface area contributed by atoms with Gasteiger partial charge in [-0.05, 0) is 44.2 Å². The molecule has 6 nitrogen and oxygen atoms in total. The molecule has 0 saturated carbocycles. The van der Waals surface area contributed by atoms with E-state index in [2.05, 4.69) is 4.98 Å². The lowest BCUT2D eigenvalue weighted by Gasteiger charge is -2.34. The monoisotopic (exact) mass is 317 g/mol. The average Bonchev–Trinajstić information content (AvgIpc) is 2.61. The number of piperazine rings is 1. The Morgan fingerprint density at radius 2 is 1.83 bits per heavy atom. The van der Waals surface area contributed by atoms with Crippen LogP contribution in [-0.2, 0) is 17.6 Å². The van der Waals surface area contributed by atoms with Gasteiger partial charge < -0.3 is 14.5 Å². The number of amides is 2. The highest BCUT2D eigenvalue weighted by Gasteiger charge is 2.26. The SMILES string of the molecule is CCOC(=O)N1CCN(C(=O)c2cnc3c(c2)CCCC3)CC1. The van der Waals surface area contributed by atoms with E-state index >= 15 is 0 Å². The minimum absolute atomic E-state index is 0.00869. The Balaban J connectivity index is 1.62. The fraction of sp³-hybridized carbons (Fsp3) is 0.588. The van der Waals surface area contributed by atoms with E-state index in [0.29, 0.717) is 38.3 Å². The van der Waals surface area contributed by atoms with Crippen molar-refractivity contribution in [3.63, 3.8) is 0 Å². The summed E-state index contributed by atoms with van der Waals surface area (Å²) in [6, 6.07) is 2.00. The van der Waals surface area contributed by atoms with Crippen LogP contribution >= 0.6 is 0 Å². The predicted molar refractivity (Wildman–Crippen MR) is 85.4 cm³/mol. The molecule has 23 heavy (non-hydrogen) atoms. The first-order valence-electron chi connectivity index (χ1n) is 8.38. The zero-order chi connectivity index (χ0) is 16.2. The first kappa shape index (κ1) is 15.8. The normalized spacial score (nSPS) is 17.6. The number of carbonyl (C=O) groups is 2. The van der Waals surface area contributed by atoms with Gasteiger partial charge in [0.1, 0.15) is 0 Å². The lowest BCUT2D eigenvalue weighted by Crippen LogP contribution is -2.50. The number of aromatic nitrogens is 1. The maximum Gasteiger partial charge on any atom is 0.409 e. The molecule has 1 aliphatic heterocycles. The zero-order valence-electron chi connectivity index (χ0n) is 13.6. The highest BCUT2D eigenvalue weighted by Crippen LogP contribution is 2.21.